The number of nitrogens with two attached hydrogens (primary N) is 1. The molecule has 0 bridgehead atoms. The Morgan fingerprint density at radius 3 is 2.55 bits per heavy atom. The predicted octanol–water partition coefficient (Wildman–Crippen LogP) is 3.55. The molecule has 0 radical (unpaired) electrons. The molecule has 0 unspecified atom stereocenters. The second kappa shape index (κ2) is 9.48. The number of rotatable bonds is 5. The molecule has 4 N–H and O–H groups in total. The molecule has 38 heavy (non-hydrogen) atoms. The van der Waals surface area contributed by atoms with E-state index in [1.54, 1.807) is 24.8 Å². The van der Waals surface area contributed by atoms with Crippen molar-refractivity contribution in [2.24, 2.45) is 5.73 Å². The number of halogens is 2. The lowest BCUT2D eigenvalue weighted by Crippen LogP contribution is -2.32. The minimum Gasteiger partial charge on any atom is -0.358 e. The van der Waals surface area contributed by atoms with Crippen LogP contribution in [0, 0.1) is 25.5 Å². The zero-order chi connectivity index (χ0) is 27.4. The zero-order valence-corrected chi connectivity index (χ0v) is 21.6. The molecule has 1 fully saturated rings. The van der Waals surface area contributed by atoms with Crippen molar-refractivity contribution >= 4 is 39.0 Å². The van der Waals surface area contributed by atoms with Crippen molar-refractivity contribution in [3.05, 3.63) is 81.7 Å². The van der Waals surface area contributed by atoms with Gasteiger partial charge < -0.3 is 20.9 Å². The number of anilines is 1. The number of carbonyl (C=O) groups is 2. The quantitative estimate of drug-likeness (QED) is 0.427. The molecule has 3 heterocycles. The maximum Gasteiger partial charge on any atom is 0.256 e. The average molecular weight is 541 g/mol. The Bertz CT molecular complexity index is 1610. The number of nitrogens with one attached hydrogen (secondary N) is 2. The molecular weight excluding hydrogens is 514 g/mol. The van der Waals surface area contributed by atoms with Crippen LogP contribution in [0.4, 0.5) is 14.5 Å². The van der Waals surface area contributed by atoms with Crippen molar-refractivity contribution in [1.82, 2.24) is 9.88 Å². The highest BCUT2D eigenvalue weighted by Crippen LogP contribution is 2.36. The van der Waals surface area contributed by atoms with E-state index in [1.165, 1.54) is 18.2 Å². The maximum atomic E-state index is 14.1. The molecule has 198 valence electrons. The van der Waals surface area contributed by atoms with E-state index in [0.29, 0.717) is 46.9 Å². The van der Waals surface area contributed by atoms with Crippen LogP contribution in [0.25, 0.3) is 11.6 Å². The number of aryl methyl sites for hydroxylation is 1. The van der Waals surface area contributed by atoms with Gasteiger partial charge in [0, 0.05) is 47.3 Å². The van der Waals surface area contributed by atoms with Crippen LogP contribution in [0.2, 0.25) is 0 Å². The lowest BCUT2D eigenvalue weighted by atomic mass is 10.0. The molecule has 2 aliphatic heterocycles. The summed E-state index contributed by atoms with van der Waals surface area (Å²) in [6.07, 6.45) is 2.31. The van der Waals surface area contributed by atoms with Crippen LogP contribution in [-0.2, 0) is 20.4 Å². The van der Waals surface area contributed by atoms with Gasteiger partial charge in [-0.3, -0.25) is 9.59 Å². The van der Waals surface area contributed by atoms with Crippen molar-refractivity contribution in [3.63, 3.8) is 0 Å². The topological polar surface area (TPSA) is 125 Å². The van der Waals surface area contributed by atoms with E-state index in [4.69, 9.17) is 5.73 Å². The third kappa shape index (κ3) is 4.52. The standard InChI is InChI=1S/C27H26F2N4O4S/c1-14-24(31-15(2)25(14)27(35)33-9-8-16(30)12-33)11-19-18-10-17(6-7-23(18)32-26(19)34)38(36,37)13-20-21(28)4-3-5-22(20)29/h3-7,10-11,16,31H,8-9,12-13,30H2,1-2H3,(H,32,34)/t16-/m1/s1. The van der Waals surface area contributed by atoms with Gasteiger partial charge in [0.05, 0.1) is 21.8 Å². The Kier molecular flexibility index (Phi) is 6.44. The van der Waals surface area contributed by atoms with Crippen LogP contribution in [0.5, 0.6) is 0 Å². The van der Waals surface area contributed by atoms with Gasteiger partial charge in [0.1, 0.15) is 11.6 Å². The number of amides is 2. The van der Waals surface area contributed by atoms with Gasteiger partial charge in [0.25, 0.3) is 11.8 Å². The number of hydrogen-bond acceptors (Lipinski definition) is 5. The normalized spacial score (nSPS) is 18.2. The molecule has 0 spiro atoms. The minimum absolute atomic E-state index is 0.0564. The van der Waals surface area contributed by atoms with Gasteiger partial charge in [0.15, 0.2) is 9.84 Å². The predicted molar refractivity (Wildman–Crippen MR) is 139 cm³/mol. The fraction of sp³-hybridized carbons (Fsp3) is 0.259. The van der Waals surface area contributed by atoms with Gasteiger partial charge in [-0.15, -0.1) is 0 Å². The second-order valence-corrected chi connectivity index (χ2v) is 11.6. The van der Waals surface area contributed by atoms with E-state index in [2.05, 4.69) is 10.3 Å². The summed E-state index contributed by atoms with van der Waals surface area (Å²) in [6.45, 7) is 4.59. The molecule has 5 rings (SSSR count). The number of carbonyl (C=O) groups excluding carboxylic acids is 2. The third-order valence-electron chi connectivity index (χ3n) is 7.02. The van der Waals surface area contributed by atoms with Crippen molar-refractivity contribution in [1.29, 1.82) is 0 Å². The average Bonchev–Trinajstić information content (AvgIpc) is 3.51. The number of aromatic amines is 1. The van der Waals surface area contributed by atoms with Crippen LogP contribution >= 0.6 is 0 Å². The summed E-state index contributed by atoms with van der Waals surface area (Å²) >= 11 is 0. The first-order valence-corrected chi connectivity index (χ1v) is 13.7. The highest BCUT2D eigenvalue weighted by Gasteiger charge is 2.31. The lowest BCUT2D eigenvalue weighted by molar-refractivity contribution is -0.110. The first kappa shape index (κ1) is 25.8. The molecule has 2 aliphatic rings. The van der Waals surface area contributed by atoms with Crippen molar-refractivity contribution in [3.8, 4) is 0 Å². The molecule has 3 aromatic rings. The Hall–Kier alpha value is -3.83. The number of H-pyrrole nitrogens is 1. The monoisotopic (exact) mass is 540 g/mol. The molecular formula is C27H26F2N4O4S. The smallest absolute Gasteiger partial charge is 0.256 e. The zero-order valence-electron chi connectivity index (χ0n) is 20.8. The van der Waals surface area contributed by atoms with E-state index in [-0.39, 0.29) is 22.4 Å². The highest BCUT2D eigenvalue weighted by molar-refractivity contribution is 7.90. The van der Waals surface area contributed by atoms with Crippen LogP contribution in [-0.4, -0.2) is 49.2 Å². The Morgan fingerprint density at radius 2 is 1.89 bits per heavy atom. The van der Waals surface area contributed by atoms with Gasteiger partial charge in [-0.05, 0) is 62.2 Å². The van der Waals surface area contributed by atoms with Gasteiger partial charge in [-0.25, -0.2) is 17.2 Å². The number of hydrogen-bond donors (Lipinski definition) is 3. The molecule has 2 amide bonds. The number of likely N-dealkylation sites (tertiary alicyclic amines) is 1. The Labute approximate surface area is 218 Å². The number of fused-ring (bicyclic) bond motifs is 1. The van der Waals surface area contributed by atoms with Crippen molar-refractivity contribution in [2.45, 2.75) is 37.0 Å². The molecule has 2 aromatic carbocycles. The summed E-state index contributed by atoms with van der Waals surface area (Å²) in [5.41, 5.74) is 8.67. The van der Waals surface area contributed by atoms with Crippen molar-refractivity contribution in [2.75, 3.05) is 18.4 Å². The molecule has 1 saturated heterocycles. The van der Waals surface area contributed by atoms with E-state index >= 15 is 0 Å². The number of nitrogens with zero attached hydrogens (tertiary/aromatic N) is 1. The van der Waals surface area contributed by atoms with Crippen LogP contribution < -0.4 is 11.1 Å². The Balaban J connectivity index is 1.50. The van der Waals surface area contributed by atoms with Crippen LogP contribution in [0.1, 0.15) is 44.9 Å². The number of aromatic nitrogens is 1. The number of sulfone groups is 1. The second-order valence-electron chi connectivity index (χ2n) is 9.64. The summed E-state index contributed by atoms with van der Waals surface area (Å²) in [7, 11) is -4.14. The molecule has 0 saturated carbocycles. The summed E-state index contributed by atoms with van der Waals surface area (Å²) < 4.78 is 54.4. The summed E-state index contributed by atoms with van der Waals surface area (Å²) in [5, 5.41) is 2.70. The van der Waals surface area contributed by atoms with Gasteiger partial charge in [0.2, 0.25) is 0 Å². The number of benzene rings is 2. The largest absolute Gasteiger partial charge is 0.358 e. The summed E-state index contributed by atoms with van der Waals surface area (Å²) in [4.78, 5) is 30.6. The highest BCUT2D eigenvalue weighted by atomic mass is 32.2. The SMILES string of the molecule is Cc1[nH]c(C=C2C(=O)Nc3ccc(S(=O)(=O)Cc4c(F)cccc4F)cc32)c(C)c1C(=O)N1CC[C@@H](N)C1. The molecule has 0 aliphatic carbocycles. The van der Waals surface area contributed by atoms with E-state index in [0.717, 1.165) is 24.6 Å². The fourth-order valence-corrected chi connectivity index (χ4v) is 6.36. The minimum atomic E-state index is -4.14. The van der Waals surface area contributed by atoms with Gasteiger partial charge >= 0.3 is 0 Å². The molecule has 8 nitrogen and oxygen atoms in total. The summed E-state index contributed by atoms with van der Waals surface area (Å²) in [6, 6.07) is 7.15. The van der Waals surface area contributed by atoms with Crippen LogP contribution in [0.15, 0.2) is 41.3 Å². The van der Waals surface area contributed by atoms with Crippen molar-refractivity contribution < 1.29 is 26.8 Å². The van der Waals surface area contributed by atoms with Gasteiger partial charge in [-0.1, -0.05) is 6.07 Å². The maximum absolute atomic E-state index is 14.1. The first-order valence-electron chi connectivity index (χ1n) is 12.0. The molecule has 1 aromatic heterocycles. The lowest BCUT2D eigenvalue weighted by Gasteiger charge is -2.16. The van der Waals surface area contributed by atoms with Gasteiger partial charge in [-0.2, -0.15) is 0 Å². The van der Waals surface area contributed by atoms with Crippen LogP contribution in [0.3, 0.4) is 0 Å². The third-order valence-corrected chi connectivity index (χ3v) is 8.66. The van der Waals surface area contributed by atoms with E-state index in [9.17, 15) is 26.8 Å². The molecule has 1 atom stereocenters. The van der Waals surface area contributed by atoms with E-state index < -0.39 is 38.7 Å². The summed E-state index contributed by atoms with van der Waals surface area (Å²) in [5.74, 6) is -3.36. The fourth-order valence-electron chi connectivity index (χ4n) is 4.96. The Morgan fingerprint density at radius 1 is 1.18 bits per heavy atom. The molecule has 11 heteroatoms. The van der Waals surface area contributed by atoms with E-state index in [1.807, 2.05) is 0 Å². The first-order chi connectivity index (χ1) is 18.0.